The van der Waals surface area contributed by atoms with E-state index in [-0.39, 0.29) is 0 Å². The van der Waals surface area contributed by atoms with Gasteiger partial charge in [0.2, 0.25) is 0 Å². The van der Waals surface area contributed by atoms with Gasteiger partial charge in [-0.15, -0.1) is 11.8 Å². The summed E-state index contributed by atoms with van der Waals surface area (Å²) in [5.74, 6) is 0.958. The van der Waals surface area contributed by atoms with Gasteiger partial charge in [0, 0.05) is 34.1 Å². The van der Waals surface area contributed by atoms with E-state index in [1.807, 2.05) is 30.5 Å². The van der Waals surface area contributed by atoms with E-state index in [0.29, 0.717) is 6.04 Å². The molecule has 4 heteroatoms. The van der Waals surface area contributed by atoms with E-state index in [4.69, 9.17) is 11.6 Å². The Morgan fingerprint density at radius 1 is 1.32 bits per heavy atom. The van der Waals surface area contributed by atoms with Crippen LogP contribution in [0.2, 0.25) is 5.02 Å². The van der Waals surface area contributed by atoms with Crippen molar-refractivity contribution in [2.75, 3.05) is 12.3 Å². The van der Waals surface area contributed by atoms with Crippen LogP contribution in [0.4, 0.5) is 0 Å². The molecule has 0 aliphatic heterocycles. The van der Waals surface area contributed by atoms with E-state index >= 15 is 0 Å². The molecular formula is C15H17ClN2S. The summed E-state index contributed by atoms with van der Waals surface area (Å²) in [6.45, 7) is 3.06. The van der Waals surface area contributed by atoms with Gasteiger partial charge < -0.3 is 5.32 Å². The van der Waals surface area contributed by atoms with Crippen molar-refractivity contribution in [1.29, 1.82) is 0 Å². The van der Waals surface area contributed by atoms with E-state index in [0.717, 1.165) is 17.3 Å². The van der Waals surface area contributed by atoms with E-state index in [1.165, 1.54) is 10.5 Å². The molecule has 19 heavy (non-hydrogen) atoms. The summed E-state index contributed by atoms with van der Waals surface area (Å²) < 4.78 is 0. The van der Waals surface area contributed by atoms with E-state index in [1.54, 1.807) is 18.0 Å². The third-order valence-electron chi connectivity index (χ3n) is 2.75. The number of pyridine rings is 1. The first-order valence-electron chi connectivity index (χ1n) is 6.31. The quantitative estimate of drug-likeness (QED) is 0.809. The zero-order valence-corrected chi connectivity index (χ0v) is 12.4. The molecule has 1 unspecified atom stereocenters. The Morgan fingerprint density at radius 2 is 2.21 bits per heavy atom. The summed E-state index contributed by atoms with van der Waals surface area (Å²) in [5, 5.41) is 4.27. The fourth-order valence-electron chi connectivity index (χ4n) is 1.84. The summed E-state index contributed by atoms with van der Waals surface area (Å²) in [6.07, 6.45) is 3.72. The van der Waals surface area contributed by atoms with Gasteiger partial charge >= 0.3 is 0 Å². The SMILES string of the molecule is CCNC(CSc1cccc(Cl)c1)c1cccnc1. The Balaban J connectivity index is 2.01. The van der Waals surface area contributed by atoms with Crippen molar-refractivity contribution in [2.45, 2.75) is 17.9 Å². The maximum Gasteiger partial charge on any atom is 0.0430 e. The van der Waals surface area contributed by atoms with Crippen LogP contribution in [0.5, 0.6) is 0 Å². The molecule has 0 aliphatic carbocycles. The van der Waals surface area contributed by atoms with Crippen LogP contribution in [0.25, 0.3) is 0 Å². The third kappa shape index (κ3) is 4.53. The minimum Gasteiger partial charge on any atom is -0.309 e. The van der Waals surface area contributed by atoms with Crippen LogP contribution in [0.15, 0.2) is 53.7 Å². The van der Waals surface area contributed by atoms with Gasteiger partial charge in [0.25, 0.3) is 0 Å². The second-order valence-electron chi connectivity index (χ2n) is 4.17. The highest BCUT2D eigenvalue weighted by Gasteiger charge is 2.10. The Labute approximate surface area is 123 Å². The predicted molar refractivity (Wildman–Crippen MR) is 82.8 cm³/mol. The highest BCUT2D eigenvalue weighted by atomic mass is 35.5. The number of benzene rings is 1. The molecule has 1 heterocycles. The smallest absolute Gasteiger partial charge is 0.0430 e. The fourth-order valence-corrected chi connectivity index (χ4v) is 3.15. The van der Waals surface area contributed by atoms with Crippen molar-refractivity contribution in [3.8, 4) is 0 Å². The fraction of sp³-hybridized carbons (Fsp3) is 0.267. The molecule has 1 N–H and O–H groups in total. The molecule has 2 nitrogen and oxygen atoms in total. The van der Waals surface area contributed by atoms with Crippen molar-refractivity contribution >= 4 is 23.4 Å². The molecule has 0 fully saturated rings. The second-order valence-corrected chi connectivity index (χ2v) is 5.69. The molecule has 1 atom stereocenters. The summed E-state index contributed by atoms with van der Waals surface area (Å²) in [4.78, 5) is 5.38. The zero-order chi connectivity index (χ0) is 13.5. The minimum absolute atomic E-state index is 0.308. The highest BCUT2D eigenvalue weighted by molar-refractivity contribution is 7.99. The second kappa shape index (κ2) is 7.53. The van der Waals surface area contributed by atoms with E-state index < -0.39 is 0 Å². The first-order chi connectivity index (χ1) is 9.29. The van der Waals surface area contributed by atoms with E-state index in [9.17, 15) is 0 Å². The maximum absolute atomic E-state index is 6.00. The molecule has 0 saturated carbocycles. The minimum atomic E-state index is 0.308. The standard InChI is InChI=1S/C15H17ClN2S/c1-2-18-15(12-5-4-8-17-10-12)11-19-14-7-3-6-13(16)9-14/h3-10,15,18H,2,11H2,1H3. The van der Waals surface area contributed by atoms with Crippen LogP contribution in [0.3, 0.4) is 0 Å². The monoisotopic (exact) mass is 292 g/mol. The first kappa shape index (κ1) is 14.4. The van der Waals surface area contributed by atoms with Crippen molar-refractivity contribution < 1.29 is 0 Å². The Morgan fingerprint density at radius 3 is 2.89 bits per heavy atom. The molecule has 0 aliphatic rings. The number of aromatic nitrogens is 1. The van der Waals surface area contributed by atoms with Gasteiger partial charge in [-0.2, -0.15) is 0 Å². The predicted octanol–water partition coefficient (Wildman–Crippen LogP) is 4.18. The zero-order valence-electron chi connectivity index (χ0n) is 10.8. The van der Waals surface area contributed by atoms with Gasteiger partial charge in [0.1, 0.15) is 0 Å². The average molecular weight is 293 g/mol. The molecule has 2 rings (SSSR count). The normalized spacial score (nSPS) is 12.3. The molecular weight excluding hydrogens is 276 g/mol. The van der Waals surface area contributed by atoms with E-state index in [2.05, 4.69) is 29.4 Å². The van der Waals surface area contributed by atoms with Gasteiger partial charge in [-0.1, -0.05) is 30.7 Å². The van der Waals surface area contributed by atoms with Crippen LogP contribution in [-0.4, -0.2) is 17.3 Å². The van der Waals surface area contributed by atoms with Crippen LogP contribution >= 0.6 is 23.4 Å². The molecule has 0 bridgehead atoms. The van der Waals surface area contributed by atoms with Gasteiger partial charge in [0.15, 0.2) is 0 Å². The molecule has 0 spiro atoms. The molecule has 0 saturated heterocycles. The lowest BCUT2D eigenvalue weighted by Crippen LogP contribution is -2.23. The number of thioether (sulfide) groups is 1. The number of nitrogens with zero attached hydrogens (tertiary/aromatic N) is 1. The van der Waals surface area contributed by atoms with Gasteiger partial charge in [-0.3, -0.25) is 4.98 Å². The van der Waals surface area contributed by atoms with Crippen LogP contribution in [0, 0.1) is 0 Å². The van der Waals surface area contributed by atoms with Crippen LogP contribution < -0.4 is 5.32 Å². The van der Waals surface area contributed by atoms with Crippen molar-refractivity contribution in [3.05, 3.63) is 59.4 Å². The highest BCUT2D eigenvalue weighted by Crippen LogP contribution is 2.26. The molecule has 0 amide bonds. The Kier molecular flexibility index (Phi) is 5.70. The molecule has 2 aromatic rings. The van der Waals surface area contributed by atoms with Gasteiger partial charge in [0.05, 0.1) is 0 Å². The largest absolute Gasteiger partial charge is 0.309 e. The molecule has 100 valence electrons. The third-order valence-corrected chi connectivity index (χ3v) is 4.07. The Hall–Kier alpha value is -1.03. The summed E-state index contributed by atoms with van der Waals surface area (Å²) in [5.41, 5.74) is 1.22. The number of hydrogen-bond donors (Lipinski definition) is 1. The maximum atomic E-state index is 6.00. The van der Waals surface area contributed by atoms with Crippen molar-refractivity contribution in [3.63, 3.8) is 0 Å². The number of rotatable bonds is 6. The lowest BCUT2D eigenvalue weighted by Gasteiger charge is -2.17. The Bertz CT molecular complexity index is 505. The summed E-state index contributed by atoms with van der Waals surface area (Å²) in [7, 11) is 0. The average Bonchev–Trinajstić information content (AvgIpc) is 2.44. The number of nitrogens with one attached hydrogen (secondary N) is 1. The lowest BCUT2D eigenvalue weighted by molar-refractivity contribution is 0.604. The lowest BCUT2D eigenvalue weighted by atomic mass is 10.1. The number of halogens is 1. The number of hydrogen-bond acceptors (Lipinski definition) is 3. The van der Waals surface area contributed by atoms with Gasteiger partial charge in [-0.25, -0.2) is 0 Å². The molecule has 0 radical (unpaired) electrons. The van der Waals surface area contributed by atoms with Gasteiger partial charge in [-0.05, 0) is 36.4 Å². The summed E-state index contributed by atoms with van der Waals surface area (Å²) >= 11 is 7.80. The van der Waals surface area contributed by atoms with Crippen LogP contribution in [0.1, 0.15) is 18.5 Å². The first-order valence-corrected chi connectivity index (χ1v) is 7.67. The van der Waals surface area contributed by atoms with Crippen LogP contribution in [-0.2, 0) is 0 Å². The van der Waals surface area contributed by atoms with Crippen molar-refractivity contribution in [1.82, 2.24) is 10.3 Å². The molecule has 1 aromatic carbocycles. The van der Waals surface area contributed by atoms with Crippen molar-refractivity contribution in [2.24, 2.45) is 0 Å². The topological polar surface area (TPSA) is 24.9 Å². The summed E-state index contributed by atoms with van der Waals surface area (Å²) in [6, 6.07) is 12.4. The molecule has 1 aromatic heterocycles.